The minimum absolute atomic E-state index is 0.115. The van der Waals surface area contributed by atoms with Gasteiger partial charge in [-0.15, -0.1) is 11.3 Å². The lowest BCUT2D eigenvalue weighted by atomic mass is 10.5. The van der Waals surface area contributed by atoms with Crippen LogP contribution in [0.25, 0.3) is 0 Å². The quantitative estimate of drug-likeness (QED) is 0.728. The van der Waals surface area contributed by atoms with E-state index in [4.69, 9.17) is 0 Å². The summed E-state index contributed by atoms with van der Waals surface area (Å²) in [5, 5.41) is 4.98. The van der Waals surface area contributed by atoms with Gasteiger partial charge in [0.2, 0.25) is 10.0 Å². The summed E-state index contributed by atoms with van der Waals surface area (Å²) in [5.41, 5.74) is 2.70. The van der Waals surface area contributed by atoms with Crippen molar-refractivity contribution < 1.29 is 8.42 Å². The maximum absolute atomic E-state index is 11.4. The monoisotopic (exact) mass is 249 g/mol. The molecule has 0 atom stereocenters. The number of nitrogens with zero attached hydrogens (tertiary/aromatic N) is 2. The zero-order valence-electron chi connectivity index (χ0n) is 8.80. The summed E-state index contributed by atoms with van der Waals surface area (Å²) in [5.74, 6) is 0.115. The van der Waals surface area contributed by atoms with E-state index < -0.39 is 10.0 Å². The number of rotatable bonds is 6. The van der Waals surface area contributed by atoms with Crippen molar-refractivity contribution in [1.82, 2.24) is 14.6 Å². The van der Waals surface area contributed by atoms with Crippen LogP contribution in [0.15, 0.2) is 10.9 Å². The van der Waals surface area contributed by atoms with Crippen LogP contribution >= 0.6 is 11.3 Å². The summed E-state index contributed by atoms with van der Waals surface area (Å²) in [6.45, 7) is 1.06. The highest BCUT2D eigenvalue weighted by Crippen LogP contribution is 1.99. The normalized spacial score (nSPS) is 12.2. The molecular weight excluding hydrogens is 234 g/mol. The lowest BCUT2D eigenvalue weighted by Gasteiger charge is -2.10. The Morgan fingerprint density at radius 3 is 2.80 bits per heavy atom. The predicted octanol–water partition coefficient (Wildman–Crippen LogP) is 0.124. The van der Waals surface area contributed by atoms with Crippen LogP contribution in [0.2, 0.25) is 0 Å². The van der Waals surface area contributed by atoms with Crippen LogP contribution in [0.3, 0.4) is 0 Å². The van der Waals surface area contributed by atoms with Crippen molar-refractivity contribution in [3.8, 4) is 0 Å². The maximum atomic E-state index is 11.4. The van der Waals surface area contributed by atoms with Crippen LogP contribution in [0.4, 0.5) is 0 Å². The molecule has 1 heterocycles. The molecule has 1 N–H and O–H groups in total. The summed E-state index contributed by atoms with van der Waals surface area (Å²) in [7, 11) is -0.0113. The summed E-state index contributed by atoms with van der Waals surface area (Å²) in [6.07, 6.45) is 0. The highest BCUT2D eigenvalue weighted by atomic mass is 32.2. The van der Waals surface area contributed by atoms with Crippen LogP contribution in [-0.4, -0.2) is 44.1 Å². The van der Waals surface area contributed by atoms with E-state index in [1.165, 1.54) is 29.7 Å². The topological polar surface area (TPSA) is 62.3 Å². The van der Waals surface area contributed by atoms with Gasteiger partial charge >= 0.3 is 0 Å². The van der Waals surface area contributed by atoms with Crippen molar-refractivity contribution in [2.45, 2.75) is 6.54 Å². The molecule has 0 unspecified atom stereocenters. The lowest BCUT2D eigenvalue weighted by Crippen LogP contribution is -2.31. The first-order valence-electron chi connectivity index (χ1n) is 4.50. The highest BCUT2D eigenvalue weighted by molar-refractivity contribution is 7.89. The second-order valence-corrected chi connectivity index (χ2v) is 6.28. The number of nitrogens with one attached hydrogen (secondary N) is 1. The summed E-state index contributed by atoms with van der Waals surface area (Å²) >= 11 is 1.53. The number of hydrogen-bond acceptors (Lipinski definition) is 5. The van der Waals surface area contributed by atoms with Crippen molar-refractivity contribution in [3.63, 3.8) is 0 Å². The van der Waals surface area contributed by atoms with Crippen LogP contribution in [-0.2, 0) is 16.6 Å². The van der Waals surface area contributed by atoms with E-state index in [-0.39, 0.29) is 5.75 Å². The molecule has 1 aromatic rings. The molecule has 0 aromatic carbocycles. The van der Waals surface area contributed by atoms with Gasteiger partial charge in [0.15, 0.2) is 0 Å². The molecule has 1 rings (SSSR count). The van der Waals surface area contributed by atoms with Crippen molar-refractivity contribution in [2.24, 2.45) is 0 Å². The fourth-order valence-electron chi connectivity index (χ4n) is 0.925. The van der Waals surface area contributed by atoms with E-state index in [0.717, 1.165) is 5.69 Å². The Morgan fingerprint density at radius 1 is 1.53 bits per heavy atom. The Morgan fingerprint density at radius 2 is 2.27 bits per heavy atom. The molecular formula is C8H15N3O2S2. The third kappa shape index (κ3) is 4.25. The fourth-order valence-corrected chi connectivity index (χ4v) is 2.25. The molecule has 5 nitrogen and oxygen atoms in total. The molecule has 0 fully saturated rings. The smallest absolute Gasteiger partial charge is 0.214 e. The third-order valence-corrected chi connectivity index (χ3v) is 4.35. The van der Waals surface area contributed by atoms with Crippen molar-refractivity contribution >= 4 is 21.4 Å². The van der Waals surface area contributed by atoms with Gasteiger partial charge in [0.25, 0.3) is 0 Å². The zero-order valence-corrected chi connectivity index (χ0v) is 10.4. The molecule has 0 amide bonds. The molecule has 0 saturated carbocycles. The van der Waals surface area contributed by atoms with Gasteiger partial charge in [0, 0.05) is 32.6 Å². The van der Waals surface area contributed by atoms with E-state index >= 15 is 0 Å². The van der Waals surface area contributed by atoms with E-state index in [0.29, 0.717) is 13.1 Å². The summed E-state index contributed by atoms with van der Waals surface area (Å²) < 4.78 is 24.0. The average molecular weight is 249 g/mol. The third-order valence-electron chi connectivity index (χ3n) is 1.88. The van der Waals surface area contributed by atoms with E-state index in [1.54, 1.807) is 5.51 Å². The molecule has 86 valence electrons. The van der Waals surface area contributed by atoms with Gasteiger partial charge < -0.3 is 5.32 Å². The molecule has 15 heavy (non-hydrogen) atoms. The molecule has 0 aliphatic heterocycles. The van der Waals surface area contributed by atoms with Crippen LogP contribution in [0, 0.1) is 0 Å². The van der Waals surface area contributed by atoms with E-state index in [1.807, 2.05) is 5.38 Å². The maximum Gasteiger partial charge on any atom is 0.214 e. The minimum Gasteiger partial charge on any atom is -0.310 e. The van der Waals surface area contributed by atoms with Gasteiger partial charge in [-0.05, 0) is 0 Å². The number of sulfonamides is 1. The molecule has 0 bridgehead atoms. The van der Waals surface area contributed by atoms with Crippen LogP contribution in [0.5, 0.6) is 0 Å². The zero-order chi connectivity index (χ0) is 11.3. The van der Waals surface area contributed by atoms with Crippen molar-refractivity contribution in [1.29, 1.82) is 0 Å². The summed E-state index contributed by atoms with van der Waals surface area (Å²) in [6, 6.07) is 0. The van der Waals surface area contributed by atoms with Gasteiger partial charge in [-0.25, -0.2) is 17.7 Å². The molecule has 0 aliphatic carbocycles. The van der Waals surface area contributed by atoms with Gasteiger partial charge in [-0.2, -0.15) is 0 Å². The first-order chi connectivity index (χ1) is 7.02. The second kappa shape index (κ2) is 5.55. The molecule has 0 radical (unpaired) electrons. The first kappa shape index (κ1) is 12.6. The van der Waals surface area contributed by atoms with Crippen LogP contribution in [0.1, 0.15) is 5.69 Å². The van der Waals surface area contributed by atoms with Gasteiger partial charge in [-0.3, -0.25) is 0 Å². The van der Waals surface area contributed by atoms with Crippen molar-refractivity contribution in [3.05, 3.63) is 16.6 Å². The number of aromatic nitrogens is 1. The molecule has 1 aromatic heterocycles. The van der Waals surface area contributed by atoms with Crippen molar-refractivity contribution in [2.75, 3.05) is 26.4 Å². The Bertz CT molecular complexity index is 373. The average Bonchev–Trinajstić information content (AvgIpc) is 2.64. The molecule has 0 saturated heterocycles. The highest BCUT2D eigenvalue weighted by Gasteiger charge is 2.12. The predicted molar refractivity (Wildman–Crippen MR) is 61.3 cm³/mol. The Kier molecular flexibility index (Phi) is 4.65. The molecule has 7 heteroatoms. The SMILES string of the molecule is CN(C)S(=O)(=O)CCNCc1cscn1. The fraction of sp³-hybridized carbons (Fsp3) is 0.625. The largest absolute Gasteiger partial charge is 0.310 e. The number of thiazole rings is 1. The summed E-state index contributed by atoms with van der Waals surface area (Å²) in [4.78, 5) is 4.08. The minimum atomic E-state index is -3.09. The van der Waals surface area contributed by atoms with E-state index in [9.17, 15) is 8.42 Å². The van der Waals surface area contributed by atoms with Crippen LogP contribution < -0.4 is 5.32 Å². The van der Waals surface area contributed by atoms with Gasteiger partial charge in [0.1, 0.15) is 0 Å². The standard InChI is InChI=1S/C8H15N3O2S2/c1-11(2)15(12,13)4-3-9-5-8-6-14-7-10-8/h6-7,9H,3-5H2,1-2H3. The second-order valence-electron chi connectivity index (χ2n) is 3.25. The Balaban J connectivity index is 2.23. The van der Waals surface area contributed by atoms with Gasteiger partial charge in [-0.1, -0.05) is 0 Å². The molecule has 0 spiro atoms. The Labute approximate surface area is 94.2 Å². The lowest BCUT2D eigenvalue weighted by molar-refractivity contribution is 0.517. The Hall–Kier alpha value is -0.500. The first-order valence-corrected chi connectivity index (χ1v) is 7.05. The number of hydrogen-bond donors (Lipinski definition) is 1. The molecule has 0 aliphatic rings. The van der Waals surface area contributed by atoms with Gasteiger partial charge in [0.05, 0.1) is 17.0 Å². The van der Waals surface area contributed by atoms with E-state index in [2.05, 4.69) is 10.3 Å².